The normalized spacial score (nSPS) is 25.8. The van der Waals surface area contributed by atoms with Crippen LogP contribution in [-0.4, -0.2) is 96.8 Å². The summed E-state index contributed by atoms with van der Waals surface area (Å²) >= 11 is 1.70. The number of thioether (sulfide) groups is 1. The molecule has 5 aliphatic rings. The van der Waals surface area contributed by atoms with Gasteiger partial charge in [-0.15, -0.1) is 0 Å². The lowest BCUT2D eigenvalue weighted by Gasteiger charge is -2.58. The number of hydrogen-bond acceptors (Lipinski definition) is 13. The molecule has 2 fully saturated rings. The van der Waals surface area contributed by atoms with Gasteiger partial charge in [0.2, 0.25) is 6.79 Å². The van der Waals surface area contributed by atoms with E-state index in [0.717, 1.165) is 50.9 Å². The van der Waals surface area contributed by atoms with Crippen LogP contribution in [0.2, 0.25) is 0 Å². The molecule has 320 valence electrons. The molecule has 2 saturated heterocycles. The molecule has 9 rings (SSSR count). The van der Waals surface area contributed by atoms with E-state index in [1.165, 1.54) is 7.11 Å². The van der Waals surface area contributed by atoms with Gasteiger partial charge in [-0.1, -0.05) is 45.0 Å². The van der Waals surface area contributed by atoms with Gasteiger partial charge in [-0.05, 0) is 87.2 Å². The second kappa shape index (κ2) is 16.6. The molecule has 6 atom stereocenters. The number of likely N-dealkylation sites (N-methyl/N-ethyl adjacent to an activating group) is 1. The second-order valence-electron chi connectivity index (χ2n) is 16.2. The van der Waals surface area contributed by atoms with Crippen LogP contribution >= 0.6 is 11.8 Å². The fourth-order valence-electron chi connectivity index (χ4n) is 10.3. The van der Waals surface area contributed by atoms with E-state index in [4.69, 9.17) is 28.4 Å². The second-order valence-corrected chi connectivity index (χ2v) is 17.5. The number of esters is 1. The molecule has 4 aromatic carbocycles. The Morgan fingerprint density at radius 2 is 1.67 bits per heavy atom. The van der Waals surface area contributed by atoms with Crippen LogP contribution in [0.3, 0.4) is 0 Å². The molecule has 0 saturated carbocycles. The van der Waals surface area contributed by atoms with Crippen molar-refractivity contribution in [1.82, 2.24) is 15.1 Å². The van der Waals surface area contributed by atoms with Crippen LogP contribution in [-0.2, 0) is 27.9 Å². The zero-order valence-corrected chi connectivity index (χ0v) is 36.8. The van der Waals surface area contributed by atoms with Crippen LogP contribution < -0.4 is 29.0 Å². The third-order valence-corrected chi connectivity index (χ3v) is 14.5. The van der Waals surface area contributed by atoms with Gasteiger partial charge in [0.05, 0.1) is 26.3 Å². The highest BCUT2D eigenvalue weighted by molar-refractivity contribution is 8.00. The van der Waals surface area contributed by atoms with Crippen molar-refractivity contribution in [3.05, 3.63) is 93.0 Å². The summed E-state index contributed by atoms with van der Waals surface area (Å²) in [4.78, 5) is 19.9. The summed E-state index contributed by atoms with van der Waals surface area (Å²) in [6.07, 6.45) is 1.35. The maximum Gasteiger partial charge on any atom is 0.331 e. The lowest BCUT2D eigenvalue weighted by atomic mass is 9.77. The van der Waals surface area contributed by atoms with Crippen molar-refractivity contribution in [2.75, 3.05) is 53.5 Å². The number of phenolic OH excluding ortho intramolecular Hbond substituents is 2. The number of methoxy groups -OCH3 is 2. The molecule has 3 N–H and O–H groups in total. The first-order valence-electron chi connectivity index (χ1n) is 20.9. The number of aryl methyl sites for hydroxylation is 1. The SMILES string of the molecule is CC.COc1cc2c(cc1O)CCN[C@]21CSC(C)C2C3c4c(cc(C)c(OC)c4O)CC(CN2C(c2c(C)c(Oc4ccccc4)c(C)c4c2OCO4)COC1=O)N3C. The highest BCUT2D eigenvalue weighted by Crippen LogP contribution is 2.56. The molecule has 2 bridgehead atoms. The van der Waals surface area contributed by atoms with Gasteiger partial charge in [-0.3, -0.25) is 15.1 Å². The largest absolute Gasteiger partial charge is 0.504 e. The van der Waals surface area contributed by atoms with Crippen molar-refractivity contribution in [3.63, 3.8) is 0 Å². The maximum atomic E-state index is 15.0. The standard InChI is InChI=1S/C45H51N3O9S.C2H6/c1-23-15-28-16-29-19-48-32(35-24(2)41(57-30-11-9-8-10-12-30)25(3)42-43(35)56-22-55-42)20-54-44(51)45(31-18-34(52-6)33(49)17-27(31)13-14-46-45)21-58-26(4)37(48)38(47(29)5)36(28)39(50)40(23)53-7;1-2/h8-12,15,17-18,26,29,32,37-38,46,49-50H,13-14,16,19-22H2,1-7H3;1-2H3/t26?,29?,32?,37?,38?,45-;/m1./s1. The smallest absolute Gasteiger partial charge is 0.331 e. The van der Waals surface area contributed by atoms with Gasteiger partial charge >= 0.3 is 5.97 Å². The highest BCUT2D eigenvalue weighted by atomic mass is 32.2. The lowest BCUT2D eigenvalue weighted by molar-refractivity contribution is -0.155. The first-order valence-corrected chi connectivity index (χ1v) is 22.0. The van der Waals surface area contributed by atoms with E-state index >= 15 is 0 Å². The number of fused-ring (bicyclic) bond motifs is 9. The Balaban J connectivity index is 0.00000246. The number of carbonyl (C=O) groups excluding carboxylic acids is 1. The Kier molecular flexibility index (Phi) is 11.6. The molecule has 1 spiro atoms. The zero-order chi connectivity index (χ0) is 42.6. The molecule has 5 heterocycles. The van der Waals surface area contributed by atoms with Crippen molar-refractivity contribution in [2.45, 2.75) is 89.3 Å². The number of benzene rings is 4. The topological polar surface area (TPSA) is 131 Å². The quantitative estimate of drug-likeness (QED) is 0.171. The Morgan fingerprint density at radius 1 is 0.917 bits per heavy atom. The highest BCUT2D eigenvalue weighted by Gasteiger charge is 2.54. The predicted octanol–water partition coefficient (Wildman–Crippen LogP) is 7.63. The molecule has 0 aromatic heterocycles. The van der Waals surface area contributed by atoms with Crippen molar-refractivity contribution < 1.29 is 43.4 Å². The van der Waals surface area contributed by atoms with Crippen molar-refractivity contribution in [3.8, 4) is 46.0 Å². The number of phenols is 2. The number of para-hydroxylation sites is 1. The van der Waals surface area contributed by atoms with E-state index in [2.05, 4.69) is 35.2 Å². The van der Waals surface area contributed by atoms with E-state index < -0.39 is 17.6 Å². The number of piperazine rings is 1. The van der Waals surface area contributed by atoms with Crippen LogP contribution in [0.4, 0.5) is 0 Å². The number of ether oxygens (including phenoxy) is 6. The molecule has 4 aromatic rings. The van der Waals surface area contributed by atoms with E-state index in [0.29, 0.717) is 59.8 Å². The maximum absolute atomic E-state index is 15.0. The summed E-state index contributed by atoms with van der Waals surface area (Å²) in [5.41, 5.74) is 5.78. The number of carbonyl (C=O) groups is 1. The van der Waals surface area contributed by atoms with Crippen LogP contribution in [0, 0.1) is 20.8 Å². The van der Waals surface area contributed by atoms with Crippen molar-refractivity contribution >= 4 is 17.7 Å². The van der Waals surface area contributed by atoms with Gasteiger partial charge in [-0.25, -0.2) is 4.79 Å². The molecular formula is C47H57N3O9S. The Hall–Kier alpha value is -4.82. The monoisotopic (exact) mass is 839 g/mol. The Bertz CT molecular complexity index is 2290. The van der Waals surface area contributed by atoms with Gasteiger partial charge in [0.25, 0.3) is 0 Å². The van der Waals surface area contributed by atoms with E-state index in [1.807, 2.05) is 65.0 Å². The third-order valence-electron chi connectivity index (χ3n) is 13.1. The van der Waals surface area contributed by atoms with Crippen LogP contribution in [0.25, 0.3) is 0 Å². The molecule has 60 heavy (non-hydrogen) atoms. The molecule has 0 aliphatic carbocycles. The number of hydrogen-bond donors (Lipinski definition) is 3. The van der Waals surface area contributed by atoms with Crippen molar-refractivity contribution in [2.24, 2.45) is 0 Å². The summed E-state index contributed by atoms with van der Waals surface area (Å²) in [7, 11) is 5.27. The molecular weight excluding hydrogens is 783 g/mol. The average molecular weight is 840 g/mol. The molecule has 13 heteroatoms. The van der Waals surface area contributed by atoms with Gasteiger partial charge in [-0.2, -0.15) is 11.8 Å². The van der Waals surface area contributed by atoms with Crippen LogP contribution in [0.15, 0.2) is 48.5 Å². The van der Waals surface area contributed by atoms with E-state index in [9.17, 15) is 15.0 Å². The lowest BCUT2D eigenvalue weighted by Crippen LogP contribution is -2.65. The first kappa shape index (κ1) is 41.9. The summed E-state index contributed by atoms with van der Waals surface area (Å²) in [5, 5.41) is 26.4. The van der Waals surface area contributed by atoms with Crippen LogP contribution in [0.1, 0.15) is 77.4 Å². The molecule has 0 radical (unpaired) electrons. The summed E-state index contributed by atoms with van der Waals surface area (Å²) in [6, 6.07) is 14.5. The fourth-order valence-corrected chi connectivity index (χ4v) is 11.7. The number of nitrogens with one attached hydrogen (secondary N) is 1. The molecule has 5 unspecified atom stereocenters. The summed E-state index contributed by atoms with van der Waals surface area (Å²) in [6.45, 7) is 13.5. The van der Waals surface area contributed by atoms with Gasteiger partial charge in [0, 0.05) is 58.4 Å². The van der Waals surface area contributed by atoms with Gasteiger partial charge in [0.1, 0.15) is 18.1 Å². The van der Waals surface area contributed by atoms with E-state index in [1.54, 1.807) is 31.0 Å². The number of cyclic esters (lactones) is 1. The molecule has 5 aliphatic heterocycles. The van der Waals surface area contributed by atoms with Crippen LogP contribution in [0.5, 0.6) is 46.0 Å². The predicted molar refractivity (Wildman–Crippen MR) is 231 cm³/mol. The summed E-state index contributed by atoms with van der Waals surface area (Å²) < 4.78 is 37.3. The third kappa shape index (κ3) is 6.68. The Labute approximate surface area is 357 Å². The molecule has 0 amide bonds. The molecule has 12 nitrogen and oxygen atoms in total. The van der Waals surface area contributed by atoms with E-state index in [-0.39, 0.29) is 48.3 Å². The average Bonchev–Trinajstić information content (AvgIpc) is 3.73. The Morgan fingerprint density at radius 3 is 2.40 bits per heavy atom. The zero-order valence-electron chi connectivity index (χ0n) is 36.0. The summed E-state index contributed by atoms with van der Waals surface area (Å²) in [5.74, 6) is 3.52. The minimum atomic E-state index is -1.23. The number of rotatable bonds is 5. The van der Waals surface area contributed by atoms with Gasteiger partial charge < -0.3 is 38.6 Å². The minimum absolute atomic E-state index is 0.00436. The van der Waals surface area contributed by atoms with Crippen molar-refractivity contribution in [1.29, 1.82) is 0 Å². The number of nitrogens with zero attached hydrogens (tertiary/aromatic N) is 2. The number of aromatic hydroxyl groups is 2. The van der Waals surface area contributed by atoms with Gasteiger partial charge in [0.15, 0.2) is 40.0 Å². The fraction of sp³-hybridized carbons (Fsp3) is 0.468. The minimum Gasteiger partial charge on any atom is -0.504 e. The first-order chi connectivity index (χ1) is 29.0.